The summed E-state index contributed by atoms with van der Waals surface area (Å²) >= 11 is 16.3. The maximum absolute atomic E-state index is 13.9. The molecular formula is C14H7Cl2F5N2OS. The van der Waals surface area contributed by atoms with E-state index in [1.807, 2.05) is 0 Å². The van der Waals surface area contributed by atoms with Gasteiger partial charge in [-0.05, 0) is 30.4 Å². The lowest BCUT2D eigenvalue weighted by atomic mass is 10.2. The highest BCUT2D eigenvalue weighted by atomic mass is 35.5. The molecule has 25 heavy (non-hydrogen) atoms. The number of hydrogen-bond acceptors (Lipinski definition) is 2. The molecule has 0 saturated carbocycles. The van der Waals surface area contributed by atoms with E-state index in [2.05, 4.69) is 17.5 Å². The number of alkyl halides is 3. The van der Waals surface area contributed by atoms with Crippen LogP contribution in [0.25, 0.3) is 0 Å². The lowest BCUT2D eigenvalue weighted by Gasteiger charge is -2.15. The summed E-state index contributed by atoms with van der Waals surface area (Å²) in [6, 6.07) is 2.53. The zero-order valence-electron chi connectivity index (χ0n) is 11.8. The quantitative estimate of drug-likeness (QED) is 0.494. The molecule has 0 fully saturated rings. The van der Waals surface area contributed by atoms with Gasteiger partial charge in [-0.3, -0.25) is 0 Å². The van der Waals surface area contributed by atoms with Crippen LogP contribution in [0.4, 0.5) is 27.6 Å². The number of thiocarbonyl (C=S) groups is 1. The van der Waals surface area contributed by atoms with Crippen molar-refractivity contribution in [3.63, 3.8) is 0 Å². The Labute approximate surface area is 153 Å². The van der Waals surface area contributed by atoms with E-state index in [1.165, 1.54) is 6.07 Å². The maximum Gasteiger partial charge on any atom is 0.416 e. The second kappa shape index (κ2) is 7.19. The van der Waals surface area contributed by atoms with Crippen LogP contribution in [0.2, 0.25) is 10.0 Å². The molecule has 0 bridgehead atoms. The van der Waals surface area contributed by atoms with E-state index in [1.54, 1.807) is 0 Å². The number of nitrogens with one attached hydrogen (secondary N) is 1. The van der Waals surface area contributed by atoms with Crippen LogP contribution >= 0.6 is 35.4 Å². The second-order valence-corrected chi connectivity index (χ2v) is 5.87. The third kappa shape index (κ3) is 4.62. The van der Waals surface area contributed by atoms with Gasteiger partial charge in [0.1, 0.15) is 0 Å². The minimum Gasteiger partial charge on any atom is -0.449 e. The first-order valence-corrected chi connectivity index (χ1v) is 7.45. The minimum absolute atomic E-state index is 0.0144. The van der Waals surface area contributed by atoms with Gasteiger partial charge in [0, 0.05) is 6.07 Å². The number of rotatable bonds is 3. The zero-order valence-corrected chi connectivity index (χ0v) is 14.2. The van der Waals surface area contributed by atoms with Crippen LogP contribution in [0.5, 0.6) is 11.5 Å². The lowest BCUT2D eigenvalue weighted by Crippen LogP contribution is -2.19. The van der Waals surface area contributed by atoms with E-state index < -0.39 is 29.1 Å². The van der Waals surface area contributed by atoms with Crippen molar-refractivity contribution in [3.8, 4) is 11.5 Å². The van der Waals surface area contributed by atoms with Crippen molar-refractivity contribution in [1.29, 1.82) is 0 Å². The van der Waals surface area contributed by atoms with E-state index >= 15 is 0 Å². The Morgan fingerprint density at radius 2 is 1.56 bits per heavy atom. The van der Waals surface area contributed by atoms with Crippen LogP contribution in [-0.2, 0) is 6.18 Å². The van der Waals surface area contributed by atoms with E-state index in [0.29, 0.717) is 0 Å². The molecule has 0 aliphatic carbocycles. The number of hydrogen-bond donors (Lipinski definition) is 2. The number of benzene rings is 2. The van der Waals surface area contributed by atoms with Gasteiger partial charge < -0.3 is 15.8 Å². The molecule has 0 saturated heterocycles. The van der Waals surface area contributed by atoms with Crippen molar-refractivity contribution in [2.75, 3.05) is 5.32 Å². The predicted octanol–water partition coefficient (Wildman–Crippen LogP) is 5.74. The number of ether oxygens (including phenoxy) is 1. The third-order valence-electron chi connectivity index (χ3n) is 2.82. The highest BCUT2D eigenvalue weighted by molar-refractivity contribution is 7.80. The maximum atomic E-state index is 13.9. The average molecular weight is 417 g/mol. The monoisotopic (exact) mass is 416 g/mol. The first-order valence-electron chi connectivity index (χ1n) is 6.28. The smallest absolute Gasteiger partial charge is 0.416 e. The van der Waals surface area contributed by atoms with Crippen LogP contribution in [0.15, 0.2) is 24.3 Å². The van der Waals surface area contributed by atoms with Crippen molar-refractivity contribution in [3.05, 3.63) is 51.5 Å². The van der Waals surface area contributed by atoms with Gasteiger partial charge in [0.2, 0.25) is 0 Å². The number of nitrogens with two attached hydrogens (primary N) is 1. The van der Waals surface area contributed by atoms with Gasteiger partial charge >= 0.3 is 6.18 Å². The van der Waals surface area contributed by atoms with Gasteiger partial charge in [-0.1, -0.05) is 23.2 Å². The summed E-state index contributed by atoms with van der Waals surface area (Å²) in [5.74, 6) is -4.42. The van der Waals surface area contributed by atoms with Crippen molar-refractivity contribution < 1.29 is 26.7 Å². The predicted molar refractivity (Wildman–Crippen MR) is 88.3 cm³/mol. The average Bonchev–Trinajstić information content (AvgIpc) is 2.45. The number of anilines is 1. The highest BCUT2D eigenvalue weighted by Crippen LogP contribution is 2.40. The molecule has 2 aromatic carbocycles. The number of halogens is 7. The third-order valence-corrected chi connectivity index (χ3v) is 3.64. The van der Waals surface area contributed by atoms with Gasteiger partial charge in [-0.15, -0.1) is 0 Å². The molecule has 0 radical (unpaired) electrons. The molecule has 0 aromatic heterocycles. The summed E-state index contributed by atoms with van der Waals surface area (Å²) in [7, 11) is 0. The molecule has 0 aliphatic rings. The molecule has 0 atom stereocenters. The molecule has 11 heteroatoms. The summed E-state index contributed by atoms with van der Waals surface area (Å²) in [5.41, 5.74) is 3.84. The molecule has 0 spiro atoms. The Balaban J connectivity index is 2.49. The molecule has 0 amide bonds. The highest BCUT2D eigenvalue weighted by Gasteiger charge is 2.33. The molecule has 0 aliphatic heterocycles. The molecular weight excluding hydrogens is 410 g/mol. The fourth-order valence-corrected chi connectivity index (χ4v) is 2.20. The SMILES string of the molecule is NC(=S)Nc1cc(Cl)c(Cl)cc1Oc1c(F)cc(C(F)(F)F)cc1F. The lowest BCUT2D eigenvalue weighted by molar-refractivity contribution is -0.138. The van der Waals surface area contributed by atoms with Gasteiger partial charge in [0.05, 0.1) is 21.3 Å². The summed E-state index contributed by atoms with van der Waals surface area (Å²) in [6.45, 7) is 0. The molecule has 0 heterocycles. The summed E-state index contributed by atoms with van der Waals surface area (Å²) in [5, 5.41) is 2.27. The standard InChI is InChI=1S/C14H7Cl2F5N2OS/c15-6-3-10(23-13(22)25)11(4-7(6)16)24-12-8(17)1-5(2-9(12)18)14(19,20)21/h1-4H,(H3,22,23,25). The first kappa shape index (κ1) is 19.5. The minimum atomic E-state index is -4.91. The first-order chi connectivity index (χ1) is 11.5. The molecule has 2 rings (SSSR count). The topological polar surface area (TPSA) is 47.3 Å². The molecule has 3 N–H and O–H groups in total. The largest absolute Gasteiger partial charge is 0.449 e. The van der Waals surface area contributed by atoms with Crippen molar-refractivity contribution in [2.24, 2.45) is 5.73 Å². The molecule has 0 unspecified atom stereocenters. The van der Waals surface area contributed by atoms with E-state index in [4.69, 9.17) is 33.7 Å². The van der Waals surface area contributed by atoms with E-state index in [9.17, 15) is 22.0 Å². The van der Waals surface area contributed by atoms with E-state index in [0.717, 1.165) is 6.07 Å². The van der Waals surface area contributed by atoms with Gasteiger partial charge in [-0.2, -0.15) is 13.2 Å². The van der Waals surface area contributed by atoms with Gasteiger partial charge in [0.15, 0.2) is 28.2 Å². The van der Waals surface area contributed by atoms with Crippen LogP contribution in [0, 0.1) is 11.6 Å². The van der Waals surface area contributed by atoms with Crippen molar-refractivity contribution in [1.82, 2.24) is 0 Å². The Hall–Kier alpha value is -1.84. The van der Waals surface area contributed by atoms with Crippen LogP contribution in [0.3, 0.4) is 0 Å². The van der Waals surface area contributed by atoms with Crippen LogP contribution in [0.1, 0.15) is 5.56 Å². The Bertz CT molecular complexity index is 822. The van der Waals surface area contributed by atoms with Crippen LogP contribution in [-0.4, -0.2) is 5.11 Å². The zero-order chi connectivity index (χ0) is 18.9. The summed E-state index contributed by atoms with van der Waals surface area (Å²) in [4.78, 5) is 0. The van der Waals surface area contributed by atoms with Crippen molar-refractivity contribution >= 4 is 46.2 Å². The molecule has 3 nitrogen and oxygen atoms in total. The molecule has 2 aromatic rings. The van der Waals surface area contributed by atoms with Gasteiger partial charge in [-0.25, -0.2) is 8.78 Å². The van der Waals surface area contributed by atoms with Gasteiger partial charge in [0.25, 0.3) is 0 Å². The van der Waals surface area contributed by atoms with Crippen molar-refractivity contribution in [2.45, 2.75) is 6.18 Å². The summed E-state index contributed by atoms with van der Waals surface area (Å²) in [6.07, 6.45) is -4.91. The Kier molecular flexibility index (Phi) is 5.60. The molecule has 134 valence electrons. The fourth-order valence-electron chi connectivity index (χ4n) is 1.77. The Morgan fingerprint density at radius 1 is 1.04 bits per heavy atom. The van der Waals surface area contributed by atoms with E-state index in [-0.39, 0.29) is 38.7 Å². The normalized spacial score (nSPS) is 11.3. The fraction of sp³-hybridized carbons (Fsp3) is 0.0714. The second-order valence-electron chi connectivity index (χ2n) is 4.62. The Morgan fingerprint density at radius 3 is 2.04 bits per heavy atom. The summed E-state index contributed by atoms with van der Waals surface area (Å²) < 4.78 is 70.6. The van der Waals surface area contributed by atoms with Crippen LogP contribution < -0.4 is 15.8 Å².